The average molecular weight is 402 g/mol. The summed E-state index contributed by atoms with van der Waals surface area (Å²) in [5.41, 5.74) is 5.14. The van der Waals surface area contributed by atoms with Gasteiger partial charge in [-0.2, -0.15) is 0 Å². The Labute approximate surface area is 171 Å². The van der Waals surface area contributed by atoms with E-state index in [1.54, 1.807) is 24.3 Å². The van der Waals surface area contributed by atoms with Crippen LogP contribution in [0.5, 0.6) is 0 Å². The Hall–Kier alpha value is -3.03. The van der Waals surface area contributed by atoms with Crippen LogP contribution in [0.4, 0.5) is 5.69 Å². The van der Waals surface area contributed by atoms with Crippen LogP contribution in [0.15, 0.2) is 43.2 Å². The van der Waals surface area contributed by atoms with Gasteiger partial charge in [0.2, 0.25) is 0 Å². The fourth-order valence-electron chi connectivity index (χ4n) is 3.38. The van der Waals surface area contributed by atoms with Gasteiger partial charge in [0.25, 0.3) is 0 Å². The Bertz CT molecular complexity index is 723. The van der Waals surface area contributed by atoms with Crippen molar-refractivity contribution in [1.29, 1.82) is 0 Å². The third-order valence-corrected chi connectivity index (χ3v) is 4.53. The summed E-state index contributed by atoms with van der Waals surface area (Å²) in [5.74, 6) is -3.05. The van der Waals surface area contributed by atoms with E-state index in [1.165, 1.54) is 19.0 Å². The van der Waals surface area contributed by atoms with E-state index in [2.05, 4.69) is 15.0 Å². The minimum absolute atomic E-state index is 0.0503. The molecule has 0 radical (unpaired) electrons. The van der Waals surface area contributed by atoms with Gasteiger partial charge in [-0.05, 0) is 42.4 Å². The number of hydrogen-bond acceptors (Lipinski definition) is 6. The van der Waals surface area contributed by atoms with Gasteiger partial charge < -0.3 is 15.9 Å². The van der Waals surface area contributed by atoms with Crippen molar-refractivity contribution in [2.75, 3.05) is 5.73 Å². The number of aromatic nitrogens is 3. The molecule has 0 saturated carbocycles. The molecule has 2 rings (SSSR count). The van der Waals surface area contributed by atoms with Gasteiger partial charge in [0.1, 0.15) is 19.0 Å². The maximum Gasteiger partial charge on any atom is 0.321 e. The lowest BCUT2D eigenvalue weighted by molar-refractivity contribution is -0.168. The van der Waals surface area contributed by atoms with Gasteiger partial charge in [-0.15, -0.1) is 0 Å². The number of carbonyl (C=O) groups is 2. The van der Waals surface area contributed by atoms with Crippen LogP contribution in [0.2, 0.25) is 0 Å². The minimum Gasteiger partial charge on any atom is -0.480 e. The van der Waals surface area contributed by atoms with Crippen molar-refractivity contribution >= 4 is 17.6 Å². The topological polar surface area (TPSA) is 139 Å². The van der Waals surface area contributed by atoms with Gasteiger partial charge in [-0.1, -0.05) is 39.8 Å². The van der Waals surface area contributed by atoms with Crippen LogP contribution in [0.3, 0.4) is 0 Å². The SMILES string of the molecule is CC(C)CC(c1ccc(N)cc1)C(CC(C)C)(C(=O)O)C(=O)O.c1ncncn1. The molecule has 0 saturated heterocycles. The van der Waals surface area contributed by atoms with Crippen molar-refractivity contribution in [2.24, 2.45) is 17.3 Å². The smallest absolute Gasteiger partial charge is 0.321 e. The molecule has 1 heterocycles. The predicted molar refractivity (Wildman–Crippen MR) is 110 cm³/mol. The van der Waals surface area contributed by atoms with E-state index in [4.69, 9.17) is 5.73 Å². The molecule has 0 aliphatic rings. The monoisotopic (exact) mass is 402 g/mol. The number of nitrogens with two attached hydrogens (primary N) is 1. The molecule has 1 atom stereocenters. The van der Waals surface area contributed by atoms with Crippen LogP contribution in [-0.2, 0) is 9.59 Å². The Balaban J connectivity index is 0.000000594. The summed E-state index contributed by atoms with van der Waals surface area (Å²) in [6, 6.07) is 6.85. The zero-order valence-electron chi connectivity index (χ0n) is 17.3. The van der Waals surface area contributed by atoms with Crippen molar-refractivity contribution in [3.8, 4) is 0 Å². The fraction of sp³-hybridized carbons (Fsp3) is 0.476. The van der Waals surface area contributed by atoms with E-state index in [1.807, 2.05) is 27.7 Å². The maximum absolute atomic E-state index is 12.1. The van der Waals surface area contributed by atoms with Gasteiger partial charge in [-0.3, -0.25) is 9.59 Å². The standard InChI is InChI=1S/C18H27NO4.C3H3N3/c1-11(2)9-15(13-5-7-14(19)8-6-13)18(16(20)21,17(22)23)10-12(3)4;1-4-2-6-3-5-1/h5-8,11-12,15H,9-10,19H2,1-4H3,(H,20,21)(H,22,23);1-3H. The summed E-state index contributed by atoms with van der Waals surface area (Å²) in [6.07, 6.45) is 4.88. The second kappa shape index (κ2) is 11.1. The quantitative estimate of drug-likeness (QED) is 0.450. The van der Waals surface area contributed by atoms with Crippen molar-refractivity contribution in [2.45, 2.75) is 46.5 Å². The zero-order valence-corrected chi connectivity index (χ0v) is 17.3. The summed E-state index contributed by atoms with van der Waals surface area (Å²) in [6.45, 7) is 7.62. The molecule has 1 aromatic heterocycles. The number of nitrogens with zero attached hydrogens (tertiary/aromatic N) is 3. The predicted octanol–water partition coefficient (Wildman–Crippen LogP) is 3.47. The van der Waals surface area contributed by atoms with Gasteiger partial charge in [0.15, 0.2) is 5.41 Å². The largest absolute Gasteiger partial charge is 0.480 e. The van der Waals surface area contributed by atoms with Crippen molar-refractivity contribution in [1.82, 2.24) is 15.0 Å². The number of carboxylic acids is 2. The summed E-state index contributed by atoms with van der Waals surface area (Å²) >= 11 is 0. The van der Waals surface area contributed by atoms with Gasteiger partial charge >= 0.3 is 11.9 Å². The molecule has 2 aromatic rings. The Kier molecular flexibility index (Phi) is 9.18. The number of nitrogen functional groups attached to an aromatic ring is 1. The van der Waals surface area contributed by atoms with Gasteiger partial charge in [-0.25, -0.2) is 15.0 Å². The highest BCUT2D eigenvalue weighted by Crippen LogP contribution is 2.45. The normalized spacial score (nSPS) is 12.2. The minimum atomic E-state index is -1.84. The van der Waals surface area contributed by atoms with Crippen molar-refractivity contribution in [3.63, 3.8) is 0 Å². The number of hydrogen-bond donors (Lipinski definition) is 3. The highest BCUT2D eigenvalue weighted by Gasteiger charge is 2.53. The Morgan fingerprint density at radius 1 is 0.897 bits per heavy atom. The molecule has 0 aliphatic heterocycles. The van der Waals surface area contributed by atoms with Crippen LogP contribution >= 0.6 is 0 Å². The molecular weight excluding hydrogens is 372 g/mol. The molecule has 4 N–H and O–H groups in total. The first-order valence-corrected chi connectivity index (χ1v) is 9.48. The molecule has 0 aliphatic carbocycles. The second-order valence-electron chi connectivity index (χ2n) is 7.82. The molecule has 1 unspecified atom stereocenters. The highest BCUT2D eigenvalue weighted by atomic mass is 16.4. The summed E-state index contributed by atoms with van der Waals surface area (Å²) in [5, 5.41) is 19.7. The third-order valence-electron chi connectivity index (χ3n) is 4.53. The fourth-order valence-corrected chi connectivity index (χ4v) is 3.38. The van der Waals surface area contributed by atoms with Crippen LogP contribution in [0.1, 0.15) is 52.0 Å². The van der Waals surface area contributed by atoms with Crippen LogP contribution in [0.25, 0.3) is 0 Å². The molecule has 0 amide bonds. The first kappa shape index (κ1) is 24.0. The van der Waals surface area contributed by atoms with E-state index < -0.39 is 23.3 Å². The first-order valence-electron chi connectivity index (χ1n) is 9.48. The Morgan fingerprint density at radius 2 is 1.34 bits per heavy atom. The molecule has 29 heavy (non-hydrogen) atoms. The molecular formula is C21H30N4O4. The Morgan fingerprint density at radius 3 is 1.66 bits per heavy atom. The molecule has 8 heteroatoms. The molecule has 0 spiro atoms. The van der Waals surface area contributed by atoms with Crippen molar-refractivity contribution < 1.29 is 19.8 Å². The summed E-state index contributed by atoms with van der Waals surface area (Å²) in [4.78, 5) is 34.8. The number of benzene rings is 1. The number of aliphatic carboxylic acids is 2. The van der Waals surface area contributed by atoms with Crippen LogP contribution in [0, 0.1) is 17.3 Å². The highest BCUT2D eigenvalue weighted by molar-refractivity contribution is 5.99. The summed E-state index contributed by atoms with van der Waals surface area (Å²) < 4.78 is 0. The number of rotatable bonds is 8. The van der Waals surface area contributed by atoms with E-state index in [0.29, 0.717) is 17.7 Å². The number of anilines is 1. The molecule has 1 aromatic carbocycles. The third kappa shape index (κ3) is 6.81. The summed E-state index contributed by atoms with van der Waals surface area (Å²) in [7, 11) is 0. The van der Waals surface area contributed by atoms with E-state index >= 15 is 0 Å². The molecule has 0 bridgehead atoms. The van der Waals surface area contributed by atoms with Crippen LogP contribution < -0.4 is 5.73 Å². The van der Waals surface area contributed by atoms with Crippen LogP contribution in [-0.4, -0.2) is 37.1 Å². The lowest BCUT2D eigenvalue weighted by Crippen LogP contribution is -2.46. The second-order valence-corrected chi connectivity index (χ2v) is 7.82. The van der Waals surface area contributed by atoms with E-state index in [0.717, 1.165) is 0 Å². The van der Waals surface area contributed by atoms with E-state index in [9.17, 15) is 19.8 Å². The first-order chi connectivity index (χ1) is 13.6. The van der Waals surface area contributed by atoms with Gasteiger partial charge in [0, 0.05) is 11.6 Å². The molecule has 8 nitrogen and oxygen atoms in total. The lowest BCUT2D eigenvalue weighted by atomic mass is 9.65. The zero-order chi connectivity index (χ0) is 22.0. The van der Waals surface area contributed by atoms with Gasteiger partial charge in [0.05, 0.1) is 0 Å². The molecule has 0 fully saturated rings. The average Bonchev–Trinajstić information content (AvgIpc) is 2.66. The number of carboxylic acid groups (broad SMARTS) is 2. The maximum atomic E-state index is 12.1. The lowest BCUT2D eigenvalue weighted by Gasteiger charge is -2.36. The van der Waals surface area contributed by atoms with Crippen molar-refractivity contribution in [3.05, 3.63) is 48.8 Å². The molecule has 158 valence electrons. The van der Waals surface area contributed by atoms with E-state index in [-0.39, 0.29) is 18.3 Å².